The van der Waals surface area contributed by atoms with Crippen LogP contribution in [0.15, 0.2) is 0 Å². The first-order chi connectivity index (χ1) is 7.13. The maximum atomic E-state index is 11.2. The Morgan fingerprint density at radius 3 is 2.73 bits per heavy atom. The molecule has 1 amide bonds. The number of aliphatic hydroxyl groups excluding tert-OH is 1. The van der Waals surface area contributed by atoms with Crippen molar-refractivity contribution >= 4 is 6.09 Å². The molecule has 2 unspecified atom stereocenters. The summed E-state index contributed by atoms with van der Waals surface area (Å²) < 4.78 is 4.97. The van der Waals surface area contributed by atoms with Crippen LogP contribution in [0.5, 0.6) is 0 Å². The van der Waals surface area contributed by atoms with Gasteiger partial charge in [0.1, 0.15) is 0 Å². The number of hydrogen-bond donors (Lipinski definition) is 2. The molecule has 0 aliphatic heterocycles. The second-order valence-electron chi connectivity index (χ2n) is 4.47. The second kappa shape index (κ2) is 5.95. The Kier molecular flexibility index (Phi) is 4.88. The molecule has 0 bridgehead atoms. The van der Waals surface area contributed by atoms with Crippen LogP contribution in [0.4, 0.5) is 4.79 Å². The largest absolute Gasteiger partial charge is 0.447 e. The SMILES string of the molecule is CC(C)OC(=O)NCC1CCCC1CO. The molecule has 1 aliphatic rings. The third-order valence-electron chi connectivity index (χ3n) is 2.90. The third-order valence-corrected chi connectivity index (χ3v) is 2.90. The zero-order valence-corrected chi connectivity index (χ0v) is 9.53. The van der Waals surface area contributed by atoms with Gasteiger partial charge in [-0.05, 0) is 38.5 Å². The number of alkyl carbamates (subject to hydrolysis) is 1. The van der Waals surface area contributed by atoms with Crippen molar-refractivity contribution < 1.29 is 14.6 Å². The molecule has 0 aromatic rings. The van der Waals surface area contributed by atoms with Crippen molar-refractivity contribution in [2.75, 3.05) is 13.2 Å². The zero-order chi connectivity index (χ0) is 11.3. The van der Waals surface area contributed by atoms with Gasteiger partial charge >= 0.3 is 6.09 Å². The van der Waals surface area contributed by atoms with Crippen LogP contribution >= 0.6 is 0 Å². The lowest BCUT2D eigenvalue weighted by molar-refractivity contribution is 0.112. The number of ether oxygens (including phenoxy) is 1. The predicted molar refractivity (Wildman–Crippen MR) is 57.5 cm³/mol. The van der Waals surface area contributed by atoms with Crippen molar-refractivity contribution in [2.45, 2.75) is 39.2 Å². The Labute approximate surface area is 91.0 Å². The second-order valence-corrected chi connectivity index (χ2v) is 4.47. The first-order valence-corrected chi connectivity index (χ1v) is 5.68. The molecule has 88 valence electrons. The molecule has 4 nitrogen and oxygen atoms in total. The van der Waals surface area contributed by atoms with E-state index in [1.807, 2.05) is 13.8 Å². The molecule has 1 aliphatic carbocycles. The van der Waals surface area contributed by atoms with Gasteiger partial charge in [-0.3, -0.25) is 0 Å². The number of amides is 1. The van der Waals surface area contributed by atoms with Crippen LogP contribution in [0.3, 0.4) is 0 Å². The zero-order valence-electron chi connectivity index (χ0n) is 9.53. The molecule has 1 fully saturated rings. The Morgan fingerprint density at radius 2 is 2.13 bits per heavy atom. The molecule has 0 saturated heterocycles. The smallest absolute Gasteiger partial charge is 0.407 e. The molecular formula is C11H21NO3. The number of nitrogens with one attached hydrogen (secondary N) is 1. The molecule has 0 spiro atoms. The maximum Gasteiger partial charge on any atom is 0.407 e. The van der Waals surface area contributed by atoms with Crippen LogP contribution in [0.1, 0.15) is 33.1 Å². The molecule has 0 heterocycles. The fraction of sp³-hybridized carbons (Fsp3) is 0.909. The standard InChI is InChI=1S/C11H21NO3/c1-8(2)15-11(14)12-6-9-4-3-5-10(9)7-13/h8-10,13H,3-7H2,1-2H3,(H,12,14). The molecule has 0 aromatic carbocycles. The van der Waals surface area contributed by atoms with Crippen molar-refractivity contribution in [3.05, 3.63) is 0 Å². The average molecular weight is 215 g/mol. The van der Waals surface area contributed by atoms with Gasteiger partial charge in [0.25, 0.3) is 0 Å². The van der Waals surface area contributed by atoms with Gasteiger partial charge in [0.05, 0.1) is 6.10 Å². The monoisotopic (exact) mass is 215 g/mol. The predicted octanol–water partition coefficient (Wildman–Crippen LogP) is 1.53. The average Bonchev–Trinajstić information content (AvgIpc) is 2.60. The van der Waals surface area contributed by atoms with E-state index in [2.05, 4.69) is 5.32 Å². The summed E-state index contributed by atoms with van der Waals surface area (Å²) in [5, 5.41) is 11.9. The lowest BCUT2D eigenvalue weighted by Crippen LogP contribution is -2.33. The van der Waals surface area contributed by atoms with Crippen LogP contribution in [0.2, 0.25) is 0 Å². The Morgan fingerprint density at radius 1 is 1.47 bits per heavy atom. The van der Waals surface area contributed by atoms with Crippen molar-refractivity contribution in [2.24, 2.45) is 11.8 Å². The van der Waals surface area contributed by atoms with Crippen molar-refractivity contribution in [1.29, 1.82) is 0 Å². The highest BCUT2D eigenvalue weighted by Gasteiger charge is 2.26. The van der Waals surface area contributed by atoms with E-state index in [1.54, 1.807) is 0 Å². The Hall–Kier alpha value is -0.770. The number of hydrogen-bond acceptors (Lipinski definition) is 3. The topological polar surface area (TPSA) is 58.6 Å². The van der Waals surface area contributed by atoms with E-state index in [1.165, 1.54) is 0 Å². The maximum absolute atomic E-state index is 11.2. The van der Waals surface area contributed by atoms with Gasteiger partial charge in [0.2, 0.25) is 0 Å². The van der Waals surface area contributed by atoms with Crippen LogP contribution in [-0.4, -0.2) is 30.5 Å². The number of carbonyl (C=O) groups excluding carboxylic acids is 1. The van der Waals surface area contributed by atoms with E-state index in [4.69, 9.17) is 9.84 Å². The summed E-state index contributed by atoms with van der Waals surface area (Å²) in [5.74, 6) is 0.763. The van der Waals surface area contributed by atoms with Crippen LogP contribution < -0.4 is 5.32 Å². The molecule has 2 N–H and O–H groups in total. The highest BCUT2D eigenvalue weighted by molar-refractivity contribution is 5.67. The molecule has 0 radical (unpaired) electrons. The highest BCUT2D eigenvalue weighted by Crippen LogP contribution is 2.30. The van der Waals surface area contributed by atoms with E-state index < -0.39 is 0 Å². The molecule has 1 rings (SSSR count). The summed E-state index contributed by atoms with van der Waals surface area (Å²) in [6, 6.07) is 0. The molecule has 2 atom stereocenters. The highest BCUT2D eigenvalue weighted by atomic mass is 16.6. The lowest BCUT2D eigenvalue weighted by Gasteiger charge is -2.18. The van der Waals surface area contributed by atoms with Crippen LogP contribution in [-0.2, 0) is 4.74 Å². The van der Waals surface area contributed by atoms with Gasteiger partial charge < -0.3 is 15.2 Å². The molecule has 1 saturated carbocycles. The van der Waals surface area contributed by atoms with Gasteiger partial charge in [-0.2, -0.15) is 0 Å². The van der Waals surface area contributed by atoms with E-state index in [0.717, 1.165) is 19.3 Å². The van der Waals surface area contributed by atoms with Crippen LogP contribution in [0.25, 0.3) is 0 Å². The summed E-state index contributed by atoms with van der Waals surface area (Å²) in [4.78, 5) is 11.2. The van der Waals surface area contributed by atoms with Gasteiger partial charge in [0.15, 0.2) is 0 Å². The van der Waals surface area contributed by atoms with Gasteiger partial charge in [-0.15, -0.1) is 0 Å². The summed E-state index contributed by atoms with van der Waals surface area (Å²) in [7, 11) is 0. The van der Waals surface area contributed by atoms with Crippen molar-refractivity contribution in [3.8, 4) is 0 Å². The Bertz CT molecular complexity index is 206. The lowest BCUT2D eigenvalue weighted by atomic mass is 9.97. The van der Waals surface area contributed by atoms with Crippen LogP contribution in [0, 0.1) is 11.8 Å². The first kappa shape index (κ1) is 12.3. The third kappa shape index (κ3) is 4.08. The minimum Gasteiger partial charge on any atom is -0.447 e. The quantitative estimate of drug-likeness (QED) is 0.747. The summed E-state index contributed by atoms with van der Waals surface area (Å²) >= 11 is 0. The van der Waals surface area contributed by atoms with E-state index in [-0.39, 0.29) is 18.8 Å². The first-order valence-electron chi connectivity index (χ1n) is 5.68. The minimum absolute atomic E-state index is 0.0813. The number of aliphatic hydroxyl groups is 1. The van der Waals surface area contributed by atoms with Gasteiger partial charge in [-0.25, -0.2) is 4.79 Å². The van der Waals surface area contributed by atoms with Gasteiger partial charge in [-0.1, -0.05) is 6.42 Å². The van der Waals surface area contributed by atoms with E-state index in [9.17, 15) is 4.79 Å². The summed E-state index contributed by atoms with van der Waals surface area (Å²) in [5.41, 5.74) is 0. The summed E-state index contributed by atoms with van der Waals surface area (Å²) in [6.45, 7) is 4.50. The van der Waals surface area contributed by atoms with Crippen molar-refractivity contribution in [1.82, 2.24) is 5.32 Å². The fourth-order valence-electron chi connectivity index (χ4n) is 2.09. The molecule has 0 aromatic heterocycles. The molecular weight excluding hydrogens is 194 g/mol. The minimum atomic E-state index is -0.353. The molecule has 4 heteroatoms. The van der Waals surface area contributed by atoms with Gasteiger partial charge in [0, 0.05) is 13.2 Å². The normalized spacial score (nSPS) is 25.6. The number of rotatable bonds is 4. The molecule has 15 heavy (non-hydrogen) atoms. The number of carbonyl (C=O) groups is 1. The fourth-order valence-corrected chi connectivity index (χ4v) is 2.09. The Balaban J connectivity index is 2.21. The van der Waals surface area contributed by atoms with Crippen molar-refractivity contribution in [3.63, 3.8) is 0 Å². The summed E-state index contributed by atoms with van der Waals surface area (Å²) in [6.07, 6.45) is 2.88. The van der Waals surface area contributed by atoms with E-state index >= 15 is 0 Å². The van der Waals surface area contributed by atoms with E-state index in [0.29, 0.717) is 18.4 Å².